The van der Waals surface area contributed by atoms with Crippen molar-refractivity contribution in [2.45, 2.75) is 44.4 Å². The van der Waals surface area contributed by atoms with Gasteiger partial charge in [-0.25, -0.2) is 4.98 Å². The van der Waals surface area contributed by atoms with Gasteiger partial charge in [-0.15, -0.1) is 0 Å². The van der Waals surface area contributed by atoms with E-state index in [1.165, 1.54) is 0 Å². The van der Waals surface area contributed by atoms with E-state index in [4.69, 9.17) is 4.84 Å². The lowest BCUT2D eigenvalue weighted by Gasteiger charge is -2.27. The van der Waals surface area contributed by atoms with E-state index in [0.29, 0.717) is 5.56 Å². The maximum atomic E-state index is 12.4. The van der Waals surface area contributed by atoms with Crippen molar-refractivity contribution in [3.8, 4) is 11.3 Å². The highest BCUT2D eigenvalue weighted by molar-refractivity contribution is 5.82. The maximum Gasteiger partial charge on any atom is 0.389 e. The van der Waals surface area contributed by atoms with Crippen molar-refractivity contribution in [2.24, 2.45) is 5.16 Å². The standard InChI is InChI=1S/C25H27F3N4O2/c1-31-10-7-22(8-11-31)34-30-16-19-6-12-32-23(17-29-24(32)15-19)20-4-2-3-18(13-20)14-21(33)5-9-25(26,27)28/h2-4,6,12-13,15-17,22H,5,7-11,14H2,1H3/b30-16-. The van der Waals surface area contributed by atoms with Crippen LogP contribution in [0.2, 0.25) is 0 Å². The van der Waals surface area contributed by atoms with E-state index in [2.05, 4.69) is 22.1 Å². The molecule has 0 aliphatic carbocycles. The molecule has 34 heavy (non-hydrogen) atoms. The lowest BCUT2D eigenvalue weighted by molar-refractivity contribution is -0.143. The molecule has 0 atom stereocenters. The SMILES string of the molecule is CN1CCC(O/N=C\c2ccn3c(-c4cccc(CC(=O)CCC(F)(F)F)c4)cnc3c2)CC1. The molecular formula is C25H27F3N4O2. The van der Waals surface area contributed by atoms with Crippen molar-refractivity contribution in [1.29, 1.82) is 0 Å². The number of nitrogens with zero attached hydrogens (tertiary/aromatic N) is 4. The van der Waals surface area contributed by atoms with Gasteiger partial charge in [0, 0.05) is 43.3 Å². The topological polar surface area (TPSA) is 59.2 Å². The van der Waals surface area contributed by atoms with E-state index in [-0.39, 0.29) is 12.5 Å². The van der Waals surface area contributed by atoms with E-state index in [0.717, 1.165) is 48.4 Å². The fourth-order valence-corrected chi connectivity index (χ4v) is 4.00. The third kappa shape index (κ3) is 6.44. The molecular weight excluding hydrogens is 445 g/mol. The summed E-state index contributed by atoms with van der Waals surface area (Å²) >= 11 is 0. The number of piperidine rings is 1. The Morgan fingerprint density at radius 2 is 2.03 bits per heavy atom. The predicted octanol–water partition coefficient (Wildman–Crippen LogP) is 4.90. The minimum atomic E-state index is -4.32. The van der Waals surface area contributed by atoms with E-state index in [9.17, 15) is 18.0 Å². The van der Waals surface area contributed by atoms with Crippen LogP contribution in [0.1, 0.15) is 36.8 Å². The lowest BCUT2D eigenvalue weighted by atomic mass is 10.0. The molecule has 0 bridgehead atoms. The summed E-state index contributed by atoms with van der Waals surface area (Å²) in [7, 11) is 2.10. The van der Waals surface area contributed by atoms with Gasteiger partial charge in [0.05, 0.1) is 24.5 Å². The summed E-state index contributed by atoms with van der Waals surface area (Å²) in [5.74, 6) is -0.431. The van der Waals surface area contributed by atoms with Crippen LogP contribution < -0.4 is 0 Å². The summed E-state index contributed by atoms with van der Waals surface area (Å²) in [6.45, 7) is 2.01. The molecule has 4 rings (SSSR count). The molecule has 0 amide bonds. The van der Waals surface area contributed by atoms with E-state index < -0.39 is 24.8 Å². The first-order valence-corrected chi connectivity index (χ1v) is 11.3. The van der Waals surface area contributed by atoms with Gasteiger partial charge in [-0.1, -0.05) is 23.4 Å². The van der Waals surface area contributed by atoms with Gasteiger partial charge in [-0.05, 0) is 43.7 Å². The number of hydrogen-bond donors (Lipinski definition) is 0. The Balaban J connectivity index is 1.42. The summed E-state index contributed by atoms with van der Waals surface area (Å²) in [5, 5.41) is 4.15. The molecule has 180 valence electrons. The van der Waals surface area contributed by atoms with E-state index in [1.54, 1.807) is 24.5 Å². The van der Waals surface area contributed by atoms with Crippen molar-refractivity contribution in [2.75, 3.05) is 20.1 Å². The number of likely N-dealkylation sites (tertiary alicyclic amines) is 1. The Morgan fingerprint density at radius 3 is 2.79 bits per heavy atom. The van der Waals surface area contributed by atoms with Crippen molar-refractivity contribution in [3.63, 3.8) is 0 Å². The highest BCUT2D eigenvalue weighted by Gasteiger charge is 2.27. The monoisotopic (exact) mass is 472 g/mol. The van der Waals surface area contributed by atoms with Crippen LogP contribution in [0.15, 0.2) is 53.9 Å². The molecule has 1 fully saturated rings. The van der Waals surface area contributed by atoms with Crippen molar-refractivity contribution in [3.05, 3.63) is 59.9 Å². The first-order valence-electron chi connectivity index (χ1n) is 11.3. The Bertz CT molecular complexity index is 1160. The van der Waals surface area contributed by atoms with Gasteiger partial charge in [-0.2, -0.15) is 13.2 Å². The molecule has 1 aliphatic rings. The quantitative estimate of drug-likeness (QED) is 0.346. The highest BCUT2D eigenvalue weighted by Crippen LogP contribution is 2.24. The van der Waals surface area contributed by atoms with Gasteiger partial charge in [0.1, 0.15) is 17.5 Å². The largest absolute Gasteiger partial charge is 0.392 e. The predicted molar refractivity (Wildman–Crippen MR) is 124 cm³/mol. The van der Waals surface area contributed by atoms with Crippen LogP contribution in [-0.4, -0.2) is 58.7 Å². The number of hydrogen-bond acceptors (Lipinski definition) is 5. The van der Waals surface area contributed by atoms with Gasteiger partial charge in [-0.3, -0.25) is 9.20 Å². The summed E-state index contributed by atoms with van der Waals surface area (Å²) in [4.78, 5) is 24.3. The normalized spacial score (nSPS) is 15.9. The number of alkyl halides is 3. The number of imidazole rings is 1. The number of pyridine rings is 1. The zero-order chi connectivity index (χ0) is 24.1. The smallest absolute Gasteiger partial charge is 0.389 e. The first-order chi connectivity index (χ1) is 16.3. The zero-order valence-corrected chi connectivity index (χ0v) is 19.0. The minimum Gasteiger partial charge on any atom is -0.392 e. The third-order valence-corrected chi connectivity index (χ3v) is 5.93. The van der Waals surface area contributed by atoms with Gasteiger partial charge in [0.15, 0.2) is 0 Å². The number of oxime groups is 1. The highest BCUT2D eigenvalue weighted by atomic mass is 19.4. The second-order valence-corrected chi connectivity index (χ2v) is 8.71. The molecule has 0 saturated carbocycles. The fraction of sp³-hybridized carbons (Fsp3) is 0.400. The number of carbonyl (C=O) groups is 1. The number of aromatic nitrogens is 2. The minimum absolute atomic E-state index is 0.0292. The Kier molecular flexibility index (Phi) is 7.31. The van der Waals surface area contributed by atoms with Crippen LogP contribution in [0.3, 0.4) is 0 Å². The van der Waals surface area contributed by atoms with Gasteiger partial charge in [0.2, 0.25) is 0 Å². The molecule has 2 aromatic heterocycles. The fourth-order valence-electron chi connectivity index (χ4n) is 4.00. The van der Waals surface area contributed by atoms with Crippen molar-refractivity contribution < 1.29 is 22.8 Å². The number of ketones is 1. The number of benzene rings is 1. The van der Waals surface area contributed by atoms with Crippen LogP contribution >= 0.6 is 0 Å². The number of rotatable bonds is 8. The average Bonchev–Trinajstić information content (AvgIpc) is 3.22. The zero-order valence-electron chi connectivity index (χ0n) is 19.0. The molecule has 3 heterocycles. The van der Waals surface area contributed by atoms with E-state index >= 15 is 0 Å². The van der Waals surface area contributed by atoms with Crippen LogP contribution in [-0.2, 0) is 16.1 Å². The maximum absolute atomic E-state index is 12.4. The summed E-state index contributed by atoms with van der Waals surface area (Å²) < 4.78 is 39.0. The molecule has 3 aromatic rings. The second-order valence-electron chi connectivity index (χ2n) is 8.71. The number of Topliss-reactive ketones (excluding diaryl/α,β-unsaturated/α-hetero) is 1. The van der Waals surface area contributed by atoms with Gasteiger partial charge < -0.3 is 9.74 Å². The summed E-state index contributed by atoms with van der Waals surface area (Å²) in [6, 6.07) is 11.1. The summed E-state index contributed by atoms with van der Waals surface area (Å²) in [6.07, 6.45) is 1.41. The molecule has 0 radical (unpaired) electrons. The second kappa shape index (κ2) is 10.4. The Labute approximate surface area is 196 Å². The lowest BCUT2D eigenvalue weighted by Crippen LogP contribution is -2.33. The molecule has 0 unspecified atom stereocenters. The summed E-state index contributed by atoms with van der Waals surface area (Å²) in [5.41, 5.74) is 3.92. The van der Waals surface area contributed by atoms with Crippen LogP contribution in [0.5, 0.6) is 0 Å². The number of halogens is 3. The average molecular weight is 473 g/mol. The molecule has 1 saturated heterocycles. The van der Waals surface area contributed by atoms with Crippen molar-refractivity contribution >= 4 is 17.6 Å². The molecule has 0 spiro atoms. The van der Waals surface area contributed by atoms with Crippen molar-refractivity contribution in [1.82, 2.24) is 14.3 Å². The number of fused-ring (bicyclic) bond motifs is 1. The van der Waals surface area contributed by atoms with E-state index in [1.807, 2.05) is 34.9 Å². The molecule has 1 aliphatic heterocycles. The third-order valence-electron chi connectivity index (χ3n) is 5.93. The van der Waals surface area contributed by atoms with Crippen LogP contribution in [0.25, 0.3) is 16.9 Å². The Hall–Kier alpha value is -3.20. The molecule has 6 nitrogen and oxygen atoms in total. The van der Waals surface area contributed by atoms with Gasteiger partial charge in [0.25, 0.3) is 0 Å². The van der Waals surface area contributed by atoms with Gasteiger partial charge >= 0.3 is 6.18 Å². The van der Waals surface area contributed by atoms with Crippen LogP contribution in [0.4, 0.5) is 13.2 Å². The molecule has 1 aromatic carbocycles. The first kappa shape index (κ1) is 23.9. The van der Waals surface area contributed by atoms with Crippen LogP contribution in [0, 0.1) is 0 Å². The molecule has 0 N–H and O–H groups in total. The molecule has 9 heteroatoms. The number of carbonyl (C=O) groups excluding carboxylic acids is 1. The Morgan fingerprint density at radius 1 is 1.24 bits per heavy atom.